The summed E-state index contributed by atoms with van der Waals surface area (Å²) in [6.45, 7) is 7.08. The smallest absolute Gasteiger partial charge is 0.193 e. The van der Waals surface area contributed by atoms with Crippen molar-refractivity contribution in [3.63, 3.8) is 0 Å². The summed E-state index contributed by atoms with van der Waals surface area (Å²) < 4.78 is 0. The van der Waals surface area contributed by atoms with Gasteiger partial charge in [-0.15, -0.1) is 24.0 Å². The van der Waals surface area contributed by atoms with E-state index < -0.39 is 0 Å². The van der Waals surface area contributed by atoms with Crippen molar-refractivity contribution in [3.8, 4) is 0 Å². The van der Waals surface area contributed by atoms with Crippen molar-refractivity contribution in [1.82, 2.24) is 20.2 Å². The summed E-state index contributed by atoms with van der Waals surface area (Å²) in [6, 6.07) is 1.94. The maximum atomic E-state index is 4.39. The highest BCUT2D eigenvalue weighted by Crippen LogP contribution is 2.15. The third-order valence-corrected chi connectivity index (χ3v) is 3.43. The fourth-order valence-electron chi connectivity index (χ4n) is 2.49. The molecular weight excluding hydrogens is 365 g/mol. The molecule has 2 rings (SSSR count). The number of hydrogen-bond donors (Lipinski definition) is 1. The average Bonchev–Trinajstić information content (AvgIpc) is 2.40. The Morgan fingerprint density at radius 2 is 2.35 bits per heavy atom. The van der Waals surface area contributed by atoms with Crippen molar-refractivity contribution >= 4 is 29.9 Å². The Hall–Kier alpha value is -0.920. The highest BCUT2D eigenvalue weighted by atomic mass is 127. The second-order valence-corrected chi connectivity index (χ2v) is 5.19. The number of halogens is 1. The zero-order valence-corrected chi connectivity index (χ0v) is 14.8. The van der Waals surface area contributed by atoms with E-state index >= 15 is 0 Å². The van der Waals surface area contributed by atoms with Gasteiger partial charge in [0.1, 0.15) is 5.82 Å². The number of rotatable bonds is 2. The van der Waals surface area contributed by atoms with Crippen LogP contribution in [0.4, 0.5) is 0 Å². The van der Waals surface area contributed by atoms with Crippen LogP contribution in [0, 0.1) is 12.8 Å². The van der Waals surface area contributed by atoms with E-state index in [9.17, 15) is 0 Å². The van der Waals surface area contributed by atoms with Gasteiger partial charge in [0.2, 0.25) is 0 Å². The molecule has 112 valence electrons. The molecule has 0 amide bonds. The van der Waals surface area contributed by atoms with Gasteiger partial charge in [0, 0.05) is 26.3 Å². The summed E-state index contributed by atoms with van der Waals surface area (Å²) >= 11 is 0. The average molecular weight is 389 g/mol. The van der Waals surface area contributed by atoms with Gasteiger partial charge in [-0.05, 0) is 31.7 Å². The van der Waals surface area contributed by atoms with E-state index in [0.717, 1.165) is 36.5 Å². The number of likely N-dealkylation sites (tertiary alicyclic amines) is 1. The number of aliphatic imine (C=N–C) groups is 1. The number of nitrogens with one attached hydrogen (secondary N) is 1. The van der Waals surface area contributed by atoms with Crippen LogP contribution in [0.5, 0.6) is 0 Å². The maximum absolute atomic E-state index is 4.39. The van der Waals surface area contributed by atoms with Crippen molar-refractivity contribution < 1.29 is 0 Å². The quantitative estimate of drug-likeness (QED) is 0.479. The Labute approximate surface area is 138 Å². The largest absolute Gasteiger partial charge is 0.351 e. The first kappa shape index (κ1) is 17.1. The minimum absolute atomic E-state index is 0. The van der Waals surface area contributed by atoms with Crippen LogP contribution in [0.15, 0.2) is 17.3 Å². The Bertz CT molecular complexity index is 449. The van der Waals surface area contributed by atoms with Crippen molar-refractivity contribution in [1.29, 1.82) is 0 Å². The highest BCUT2D eigenvalue weighted by molar-refractivity contribution is 14.0. The van der Waals surface area contributed by atoms with Crippen LogP contribution >= 0.6 is 24.0 Å². The molecule has 1 fully saturated rings. The molecule has 0 bridgehead atoms. The van der Waals surface area contributed by atoms with E-state index in [1.165, 1.54) is 12.8 Å². The first-order valence-electron chi connectivity index (χ1n) is 6.93. The van der Waals surface area contributed by atoms with E-state index in [4.69, 9.17) is 0 Å². The SMILES string of the molecule is CN=C(NCc1ccnc(C)n1)N1CCCC(C)C1.I. The van der Waals surface area contributed by atoms with Crippen molar-refractivity contribution in [2.75, 3.05) is 20.1 Å². The molecule has 0 saturated carbocycles. The molecule has 1 aromatic heterocycles. The number of hydrogen-bond acceptors (Lipinski definition) is 3. The maximum Gasteiger partial charge on any atom is 0.193 e. The molecule has 0 spiro atoms. The lowest BCUT2D eigenvalue weighted by Crippen LogP contribution is -2.46. The first-order chi connectivity index (χ1) is 9.19. The minimum Gasteiger partial charge on any atom is -0.351 e. The van der Waals surface area contributed by atoms with Gasteiger partial charge in [0.15, 0.2) is 5.96 Å². The van der Waals surface area contributed by atoms with Crippen LogP contribution < -0.4 is 5.32 Å². The third kappa shape index (κ3) is 4.88. The topological polar surface area (TPSA) is 53.4 Å². The Morgan fingerprint density at radius 3 is 3.00 bits per heavy atom. The molecule has 1 aliphatic heterocycles. The second-order valence-electron chi connectivity index (χ2n) is 5.19. The fourth-order valence-corrected chi connectivity index (χ4v) is 2.49. The molecule has 0 aromatic carbocycles. The van der Waals surface area contributed by atoms with E-state index in [1.54, 1.807) is 6.20 Å². The number of piperidine rings is 1. The minimum atomic E-state index is 0. The van der Waals surface area contributed by atoms with Gasteiger partial charge in [0.05, 0.1) is 12.2 Å². The van der Waals surface area contributed by atoms with Crippen LogP contribution in [0.1, 0.15) is 31.3 Å². The molecule has 1 unspecified atom stereocenters. The molecule has 5 nitrogen and oxygen atoms in total. The summed E-state index contributed by atoms with van der Waals surface area (Å²) in [6.07, 6.45) is 4.36. The van der Waals surface area contributed by atoms with Gasteiger partial charge in [-0.25, -0.2) is 9.97 Å². The third-order valence-electron chi connectivity index (χ3n) is 3.43. The molecule has 1 N–H and O–H groups in total. The standard InChI is InChI=1S/C14H23N5.HI/c1-11-5-4-8-19(10-11)14(15-3)17-9-13-6-7-16-12(2)18-13;/h6-7,11H,4-5,8-10H2,1-3H3,(H,15,17);1H. The second kappa shape index (κ2) is 8.39. The number of aromatic nitrogens is 2. The lowest BCUT2D eigenvalue weighted by molar-refractivity contribution is 0.266. The summed E-state index contributed by atoms with van der Waals surface area (Å²) in [5.74, 6) is 2.53. The van der Waals surface area contributed by atoms with Gasteiger partial charge in [0.25, 0.3) is 0 Å². The van der Waals surface area contributed by atoms with Crippen molar-refractivity contribution in [2.24, 2.45) is 10.9 Å². The lowest BCUT2D eigenvalue weighted by atomic mass is 10.0. The van der Waals surface area contributed by atoms with Gasteiger partial charge in [-0.3, -0.25) is 4.99 Å². The van der Waals surface area contributed by atoms with Crippen LogP contribution in [0.2, 0.25) is 0 Å². The molecule has 1 aromatic rings. The zero-order chi connectivity index (χ0) is 13.7. The molecule has 2 heterocycles. The summed E-state index contributed by atoms with van der Waals surface area (Å²) in [5, 5.41) is 3.39. The van der Waals surface area contributed by atoms with Crippen LogP contribution in [-0.2, 0) is 6.54 Å². The number of nitrogens with zero attached hydrogens (tertiary/aromatic N) is 4. The van der Waals surface area contributed by atoms with Gasteiger partial charge >= 0.3 is 0 Å². The summed E-state index contributed by atoms with van der Waals surface area (Å²) in [4.78, 5) is 15.2. The van der Waals surface area contributed by atoms with E-state index in [0.29, 0.717) is 6.54 Å². The summed E-state index contributed by atoms with van der Waals surface area (Å²) in [7, 11) is 1.84. The zero-order valence-electron chi connectivity index (χ0n) is 12.5. The Kier molecular flexibility index (Phi) is 7.18. The molecule has 1 saturated heterocycles. The van der Waals surface area contributed by atoms with Gasteiger partial charge < -0.3 is 10.2 Å². The molecule has 0 radical (unpaired) electrons. The van der Waals surface area contributed by atoms with Crippen LogP contribution in [0.3, 0.4) is 0 Å². The monoisotopic (exact) mass is 389 g/mol. The molecule has 0 aliphatic carbocycles. The molecular formula is C14H24IN5. The van der Waals surface area contributed by atoms with Crippen molar-refractivity contribution in [2.45, 2.75) is 33.2 Å². The summed E-state index contributed by atoms with van der Waals surface area (Å²) in [5.41, 5.74) is 0.999. The molecule has 1 aliphatic rings. The highest BCUT2D eigenvalue weighted by Gasteiger charge is 2.18. The molecule has 6 heteroatoms. The van der Waals surface area contributed by atoms with Crippen molar-refractivity contribution in [3.05, 3.63) is 23.8 Å². The predicted octanol–water partition coefficient (Wildman–Crippen LogP) is 2.21. The normalized spacial score (nSPS) is 19.4. The van der Waals surface area contributed by atoms with Crippen LogP contribution in [-0.4, -0.2) is 41.0 Å². The first-order valence-corrected chi connectivity index (χ1v) is 6.93. The fraction of sp³-hybridized carbons (Fsp3) is 0.643. The Balaban J connectivity index is 0.00000200. The number of aryl methyl sites for hydroxylation is 1. The van der Waals surface area contributed by atoms with E-state index in [2.05, 4.69) is 32.1 Å². The Morgan fingerprint density at radius 1 is 1.55 bits per heavy atom. The lowest BCUT2D eigenvalue weighted by Gasteiger charge is -2.33. The molecule has 1 atom stereocenters. The molecule has 20 heavy (non-hydrogen) atoms. The number of guanidine groups is 1. The van der Waals surface area contributed by atoms with E-state index in [-0.39, 0.29) is 24.0 Å². The van der Waals surface area contributed by atoms with Gasteiger partial charge in [-0.1, -0.05) is 6.92 Å². The predicted molar refractivity (Wildman–Crippen MR) is 92.4 cm³/mol. The van der Waals surface area contributed by atoms with E-state index in [1.807, 2.05) is 20.0 Å². The van der Waals surface area contributed by atoms with Gasteiger partial charge in [-0.2, -0.15) is 0 Å². The van der Waals surface area contributed by atoms with Crippen LogP contribution in [0.25, 0.3) is 0 Å².